The molecule has 0 unspecified atom stereocenters. The molecule has 0 aromatic heterocycles. The van der Waals surface area contributed by atoms with Crippen LogP contribution in [-0.2, 0) is 5.33 Å². The Morgan fingerprint density at radius 3 is 1.73 bits per heavy atom. The first-order valence-electron chi connectivity index (χ1n) is 4.70. The minimum absolute atomic E-state index is 0.198. The quantitative estimate of drug-likeness (QED) is 0.706. The number of halogens is 2. The Balaban J connectivity index is 2.33. The molecule has 0 saturated heterocycles. The van der Waals surface area contributed by atoms with Crippen molar-refractivity contribution in [2.45, 2.75) is 5.33 Å². The van der Waals surface area contributed by atoms with Crippen LogP contribution >= 0.6 is 15.9 Å². The van der Waals surface area contributed by atoms with Gasteiger partial charge in [0.15, 0.2) is 0 Å². The predicted molar refractivity (Wildman–Crippen MR) is 64.5 cm³/mol. The van der Waals surface area contributed by atoms with Gasteiger partial charge in [-0.3, -0.25) is 0 Å². The Hall–Kier alpha value is -1.15. The van der Waals surface area contributed by atoms with Crippen molar-refractivity contribution in [1.82, 2.24) is 0 Å². The van der Waals surface area contributed by atoms with Crippen LogP contribution in [0.5, 0.6) is 0 Å². The maximum absolute atomic E-state index is 12.7. The van der Waals surface area contributed by atoms with E-state index in [9.17, 15) is 4.39 Å². The summed E-state index contributed by atoms with van der Waals surface area (Å²) >= 11 is 3.40. The summed E-state index contributed by atoms with van der Waals surface area (Å²) in [5.74, 6) is -0.198. The third kappa shape index (κ3) is 2.45. The van der Waals surface area contributed by atoms with Crippen molar-refractivity contribution in [2.24, 2.45) is 0 Å². The number of alkyl halides is 1. The molecular formula is C13H10BrF. The van der Waals surface area contributed by atoms with Gasteiger partial charge in [0, 0.05) is 5.33 Å². The summed E-state index contributed by atoms with van der Waals surface area (Å²) in [7, 11) is 0. The van der Waals surface area contributed by atoms with E-state index in [1.54, 1.807) is 12.1 Å². The molecule has 0 fully saturated rings. The molecule has 2 rings (SSSR count). The van der Waals surface area contributed by atoms with Crippen molar-refractivity contribution in [3.05, 3.63) is 59.9 Å². The van der Waals surface area contributed by atoms with Gasteiger partial charge in [0.2, 0.25) is 0 Å². The summed E-state index contributed by atoms with van der Waals surface area (Å²) in [6, 6.07) is 14.8. The topological polar surface area (TPSA) is 0 Å². The van der Waals surface area contributed by atoms with Crippen LogP contribution in [-0.4, -0.2) is 0 Å². The highest BCUT2D eigenvalue weighted by molar-refractivity contribution is 9.08. The van der Waals surface area contributed by atoms with E-state index in [4.69, 9.17) is 0 Å². The molecule has 0 aliphatic heterocycles. The van der Waals surface area contributed by atoms with Crippen LogP contribution in [0.2, 0.25) is 0 Å². The smallest absolute Gasteiger partial charge is 0.123 e. The third-order valence-corrected chi connectivity index (χ3v) is 2.93. The Labute approximate surface area is 96.9 Å². The molecule has 15 heavy (non-hydrogen) atoms. The van der Waals surface area contributed by atoms with E-state index in [-0.39, 0.29) is 5.82 Å². The molecule has 0 nitrogen and oxygen atoms in total. The fourth-order valence-corrected chi connectivity index (χ4v) is 1.80. The van der Waals surface area contributed by atoms with E-state index < -0.39 is 0 Å². The zero-order valence-electron chi connectivity index (χ0n) is 8.08. The van der Waals surface area contributed by atoms with Crippen LogP contribution in [0.1, 0.15) is 5.56 Å². The van der Waals surface area contributed by atoms with Gasteiger partial charge in [-0.2, -0.15) is 0 Å². The van der Waals surface area contributed by atoms with Crippen molar-refractivity contribution >= 4 is 15.9 Å². The summed E-state index contributed by atoms with van der Waals surface area (Å²) in [5.41, 5.74) is 3.39. The Kier molecular flexibility index (Phi) is 3.17. The molecule has 0 aliphatic carbocycles. The Morgan fingerprint density at radius 2 is 1.27 bits per heavy atom. The second-order valence-electron chi connectivity index (χ2n) is 3.34. The van der Waals surface area contributed by atoms with Gasteiger partial charge in [0.1, 0.15) is 5.82 Å². The number of hydrogen-bond donors (Lipinski definition) is 0. The fourth-order valence-electron chi connectivity index (χ4n) is 1.43. The van der Waals surface area contributed by atoms with Crippen molar-refractivity contribution in [2.75, 3.05) is 0 Å². The van der Waals surface area contributed by atoms with E-state index in [2.05, 4.69) is 28.1 Å². The average Bonchev–Trinajstić information content (AvgIpc) is 2.30. The lowest BCUT2D eigenvalue weighted by molar-refractivity contribution is 0.628. The number of hydrogen-bond acceptors (Lipinski definition) is 0. The van der Waals surface area contributed by atoms with Crippen LogP contribution in [0.3, 0.4) is 0 Å². The van der Waals surface area contributed by atoms with E-state index in [0.717, 1.165) is 16.5 Å². The normalized spacial score (nSPS) is 10.3. The second-order valence-corrected chi connectivity index (χ2v) is 3.90. The zero-order chi connectivity index (χ0) is 10.7. The first-order chi connectivity index (χ1) is 7.29. The molecule has 0 amide bonds. The highest BCUT2D eigenvalue weighted by Crippen LogP contribution is 2.20. The van der Waals surface area contributed by atoms with E-state index >= 15 is 0 Å². The largest absolute Gasteiger partial charge is 0.207 e. The van der Waals surface area contributed by atoms with E-state index in [0.29, 0.717) is 0 Å². The molecule has 0 spiro atoms. The van der Waals surface area contributed by atoms with E-state index in [1.807, 2.05) is 12.1 Å². The third-order valence-electron chi connectivity index (χ3n) is 2.29. The highest BCUT2D eigenvalue weighted by atomic mass is 79.9. The summed E-state index contributed by atoms with van der Waals surface area (Å²) in [5, 5.41) is 0.858. The molecule has 0 bridgehead atoms. The molecule has 2 heteroatoms. The zero-order valence-corrected chi connectivity index (χ0v) is 9.67. The van der Waals surface area contributed by atoms with Gasteiger partial charge >= 0.3 is 0 Å². The maximum Gasteiger partial charge on any atom is 0.123 e. The Morgan fingerprint density at radius 1 is 0.800 bits per heavy atom. The lowest BCUT2D eigenvalue weighted by atomic mass is 10.0. The van der Waals surface area contributed by atoms with Gasteiger partial charge in [0.25, 0.3) is 0 Å². The molecule has 0 aliphatic rings. The van der Waals surface area contributed by atoms with E-state index in [1.165, 1.54) is 17.7 Å². The minimum atomic E-state index is -0.198. The van der Waals surface area contributed by atoms with Crippen LogP contribution < -0.4 is 0 Å². The molecular weight excluding hydrogens is 255 g/mol. The summed E-state index contributed by atoms with van der Waals surface area (Å²) in [4.78, 5) is 0. The lowest BCUT2D eigenvalue weighted by Crippen LogP contribution is -1.80. The Bertz CT molecular complexity index is 431. The van der Waals surface area contributed by atoms with Gasteiger partial charge in [-0.05, 0) is 28.8 Å². The van der Waals surface area contributed by atoms with Crippen LogP contribution in [0, 0.1) is 5.82 Å². The summed E-state index contributed by atoms with van der Waals surface area (Å²) < 4.78 is 12.7. The van der Waals surface area contributed by atoms with Gasteiger partial charge in [-0.15, -0.1) is 0 Å². The molecule has 0 heterocycles. The molecule has 2 aromatic carbocycles. The monoisotopic (exact) mass is 264 g/mol. The molecule has 0 saturated carbocycles. The minimum Gasteiger partial charge on any atom is -0.207 e. The molecule has 0 radical (unpaired) electrons. The molecule has 0 N–H and O–H groups in total. The molecule has 2 aromatic rings. The van der Waals surface area contributed by atoms with Crippen molar-refractivity contribution in [3.63, 3.8) is 0 Å². The number of rotatable bonds is 2. The average molecular weight is 265 g/mol. The van der Waals surface area contributed by atoms with Gasteiger partial charge in [-0.1, -0.05) is 52.3 Å². The van der Waals surface area contributed by atoms with Crippen LogP contribution in [0.4, 0.5) is 4.39 Å². The van der Waals surface area contributed by atoms with Gasteiger partial charge < -0.3 is 0 Å². The van der Waals surface area contributed by atoms with Crippen LogP contribution in [0.15, 0.2) is 48.5 Å². The first-order valence-corrected chi connectivity index (χ1v) is 5.82. The molecule has 76 valence electrons. The summed E-state index contributed by atoms with van der Waals surface area (Å²) in [6.07, 6.45) is 0. The van der Waals surface area contributed by atoms with Crippen molar-refractivity contribution in [3.8, 4) is 11.1 Å². The first kappa shape index (κ1) is 10.4. The fraction of sp³-hybridized carbons (Fsp3) is 0.0769. The second kappa shape index (κ2) is 4.58. The van der Waals surface area contributed by atoms with Crippen LogP contribution in [0.25, 0.3) is 11.1 Å². The SMILES string of the molecule is Fc1ccc(-c2ccc(CBr)cc2)cc1. The number of benzene rings is 2. The highest BCUT2D eigenvalue weighted by Gasteiger charge is 1.97. The maximum atomic E-state index is 12.7. The van der Waals surface area contributed by atoms with Crippen molar-refractivity contribution < 1.29 is 4.39 Å². The standard InChI is InChI=1S/C13H10BrF/c14-9-10-1-3-11(4-2-10)12-5-7-13(15)8-6-12/h1-8H,9H2. The van der Waals surface area contributed by atoms with Gasteiger partial charge in [-0.25, -0.2) is 4.39 Å². The predicted octanol–water partition coefficient (Wildman–Crippen LogP) is 4.39. The van der Waals surface area contributed by atoms with Crippen molar-refractivity contribution in [1.29, 1.82) is 0 Å². The molecule has 0 atom stereocenters. The summed E-state index contributed by atoms with van der Waals surface area (Å²) in [6.45, 7) is 0. The van der Waals surface area contributed by atoms with Gasteiger partial charge in [0.05, 0.1) is 0 Å². The lowest BCUT2D eigenvalue weighted by Gasteiger charge is -2.02.